The first-order valence-electron chi connectivity index (χ1n) is 8.27. The fourth-order valence-electron chi connectivity index (χ4n) is 3.19. The van der Waals surface area contributed by atoms with E-state index in [0.717, 1.165) is 23.4 Å². The zero-order chi connectivity index (χ0) is 18.0. The van der Waals surface area contributed by atoms with E-state index in [0.29, 0.717) is 24.6 Å². The summed E-state index contributed by atoms with van der Waals surface area (Å²) in [5, 5.41) is 6.98. The van der Waals surface area contributed by atoms with Crippen LogP contribution in [-0.4, -0.2) is 54.9 Å². The number of aromatic nitrogens is 2. The number of carbonyl (C=O) groups excluding carboxylic acids is 1. The highest BCUT2D eigenvalue weighted by molar-refractivity contribution is 5.99. The molecule has 1 saturated heterocycles. The lowest BCUT2D eigenvalue weighted by molar-refractivity contribution is -0.121. The van der Waals surface area contributed by atoms with E-state index in [1.165, 1.54) is 0 Å². The Morgan fingerprint density at radius 3 is 2.52 bits per heavy atom. The van der Waals surface area contributed by atoms with Crippen LogP contribution in [0.2, 0.25) is 0 Å². The van der Waals surface area contributed by atoms with Crippen LogP contribution in [0.3, 0.4) is 0 Å². The van der Waals surface area contributed by atoms with E-state index in [1.54, 1.807) is 25.2 Å². The molecular formula is C18H24N4O3. The fraction of sp³-hybridized carbons (Fsp3) is 0.444. The van der Waals surface area contributed by atoms with Crippen molar-refractivity contribution in [2.75, 3.05) is 32.7 Å². The number of methoxy groups -OCH3 is 2. The number of amides is 1. The number of hydrogen-bond acceptors (Lipinski definition) is 5. The van der Waals surface area contributed by atoms with Crippen molar-refractivity contribution in [1.82, 2.24) is 15.1 Å². The highest BCUT2D eigenvalue weighted by Crippen LogP contribution is 2.32. The van der Waals surface area contributed by atoms with Crippen LogP contribution in [0.25, 0.3) is 0 Å². The van der Waals surface area contributed by atoms with Gasteiger partial charge in [0.2, 0.25) is 5.91 Å². The number of nitrogens with one attached hydrogen (secondary N) is 1. The van der Waals surface area contributed by atoms with Crippen molar-refractivity contribution in [2.45, 2.75) is 25.9 Å². The molecule has 2 heterocycles. The van der Waals surface area contributed by atoms with E-state index in [2.05, 4.69) is 15.1 Å². The van der Waals surface area contributed by atoms with Gasteiger partial charge in [0.1, 0.15) is 11.5 Å². The number of anilines is 1. The van der Waals surface area contributed by atoms with E-state index in [4.69, 9.17) is 9.47 Å². The van der Waals surface area contributed by atoms with Crippen molar-refractivity contribution >= 4 is 11.6 Å². The standard InChI is InChI=1S/C18H24N4O3/c1-12-13(10-19-20-12)11-21(2)17-5-6-22(18(17)23)14-7-15(24-3)9-16(8-14)25-4/h7-10,17H,5-6,11H2,1-4H3,(H,19,20)/t17-/m0/s1. The normalized spacial score (nSPS) is 17.4. The number of carbonyl (C=O) groups is 1. The summed E-state index contributed by atoms with van der Waals surface area (Å²) < 4.78 is 10.6. The number of ether oxygens (including phenoxy) is 2. The smallest absolute Gasteiger partial charge is 0.244 e. The number of hydrogen-bond donors (Lipinski definition) is 1. The first-order valence-corrected chi connectivity index (χ1v) is 8.27. The van der Waals surface area contributed by atoms with Gasteiger partial charge in [-0.25, -0.2) is 0 Å². The van der Waals surface area contributed by atoms with Gasteiger partial charge < -0.3 is 14.4 Å². The summed E-state index contributed by atoms with van der Waals surface area (Å²) in [7, 11) is 5.19. The first-order chi connectivity index (χ1) is 12.0. The third-order valence-corrected chi connectivity index (χ3v) is 4.71. The first kappa shape index (κ1) is 17.3. The summed E-state index contributed by atoms with van der Waals surface area (Å²) >= 11 is 0. The predicted molar refractivity (Wildman–Crippen MR) is 95.1 cm³/mol. The number of rotatable bonds is 6. The number of nitrogens with zero attached hydrogens (tertiary/aromatic N) is 3. The molecule has 3 rings (SSSR count). The minimum atomic E-state index is -0.147. The number of likely N-dealkylation sites (N-methyl/N-ethyl adjacent to an activating group) is 1. The molecule has 1 aliphatic heterocycles. The van der Waals surface area contributed by atoms with E-state index in [9.17, 15) is 4.79 Å². The summed E-state index contributed by atoms with van der Waals surface area (Å²) in [6.07, 6.45) is 2.60. The van der Waals surface area contributed by atoms with Crippen LogP contribution in [0.4, 0.5) is 5.69 Å². The summed E-state index contributed by atoms with van der Waals surface area (Å²) in [4.78, 5) is 16.8. The largest absolute Gasteiger partial charge is 0.497 e. The molecule has 134 valence electrons. The van der Waals surface area contributed by atoms with Crippen LogP contribution >= 0.6 is 0 Å². The molecule has 0 bridgehead atoms. The molecule has 0 spiro atoms. The lowest BCUT2D eigenvalue weighted by Gasteiger charge is -2.24. The maximum Gasteiger partial charge on any atom is 0.244 e. The van der Waals surface area contributed by atoms with Gasteiger partial charge in [0, 0.05) is 42.5 Å². The molecule has 0 radical (unpaired) electrons. The molecule has 1 atom stereocenters. The molecular weight excluding hydrogens is 320 g/mol. The van der Waals surface area contributed by atoms with Gasteiger partial charge in [0.25, 0.3) is 0 Å². The van der Waals surface area contributed by atoms with Crippen LogP contribution in [0.1, 0.15) is 17.7 Å². The molecule has 7 nitrogen and oxygen atoms in total. The number of benzene rings is 1. The molecule has 25 heavy (non-hydrogen) atoms. The minimum Gasteiger partial charge on any atom is -0.497 e. The van der Waals surface area contributed by atoms with Gasteiger partial charge in [-0.3, -0.25) is 14.8 Å². The molecule has 7 heteroatoms. The van der Waals surface area contributed by atoms with Gasteiger partial charge in [0.15, 0.2) is 0 Å². The van der Waals surface area contributed by atoms with Crippen LogP contribution in [0.5, 0.6) is 11.5 Å². The van der Waals surface area contributed by atoms with Crippen LogP contribution < -0.4 is 14.4 Å². The van der Waals surface area contributed by atoms with E-state index < -0.39 is 0 Å². The Kier molecular flexibility index (Phi) is 4.94. The second-order valence-corrected chi connectivity index (χ2v) is 6.30. The minimum absolute atomic E-state index is 0.0963. The van der Waals surface area contributed by atoms with Crippen LogP contribution in [0.15, 0.2) is 24.4 Å². The Morgan fingerprint density at radius 2 is 1.96 bits per heavy atom. The van der Waals surface area contributed by atoms with Crippen molar-refractivity contribution in [1.29, 1.82) is 0 Å². The number of H-pyrrole nitrogens is 1. The van der Waals surface area contributed by atoms with Gasteiger partial charge in [-0.05, 0) is 20.4 Å². The SMILES string of the molecule is COc1cc(OC)cc(N2CC[C@H](N(C)Cc3cn[nH]c3C)C2=O)c1. The molecule has 1 aliphatic rings. The van der Waals surface area contributed by atoms with Gasteiger partial charge in [0.05, 0.1) is 32.1 Å². The molecule has 1 aromatic heterocycles. The van der Waals surface area contributed by atoms with E-state index in [-0.39, 0.29) is 11.9 Å². The van der Waals surface area contributed by atoms with Crippen LogP contribution in [0, 0.1) is 6.92 Å². The lowest BCUT2D eigenvalue weighted by atomic mass is 10.2. The Balaban J connectivity index is 1.76. The summed E-state index contributed by atoms with van der Waals surface area (Å²) in [6.45, 7) is 3.35. The Labute approximate surface area is 147 Å². The molecule has 1 aromatic carbocycles. The quantitative estimate of drug-likeness (QED) is 0.868. The van der Waals surface area contributed by atoms with E-state index >= 15 is 0 Å². The number of aromatic amines is 1. The van der Waals surface area contributed by atoms with Crippen LogP contribution in [-0.2, 0) is 11.3 Å². The Hall–Kier alpha value is -2.54. The molecule has 1 amide bonds. The Bertz CT molecular complexity index is 736. The molecule has 1 N–H and O–H groups in total. The van der Waals surface area contributed by atoms with Gasteiger partial charge in [-0.2, -0.15) is 5.10 Å². The number of aryl methyl sites for hydroxylation is 1. The zero-order valence-corrected chi connectivity index (χ0v) is 15.1. The van der Waals surface area contributed by atoms with Gasteiger partial charge in [-0.1, -0.05) is 0 Å². The van der Waals surface area contributed by atoms with Crippen molar-refractivity contribution < 1.29 is 14.3 Å². The maximum atomic E-state index is 12.9. The average molecular weight is 344 g/mol. The molecule has 2 aromatic rings. The second kappa shape index (κ2) is 7.14. The highest BCUT2D eigenvalue weighted by atomic mass is 16.5. The molecule has 0 unspecified atom stereocenters. The van der Waals surface area contributed by atoms with Crippen molar-refractivity contribution in [2.24, 2.45) is 0 Å². The molecule has 0 aliphatic carbocycles. The average Bonchev–Trinajstić information content (AvgIpc) is 3.20. The molecule has 0 saturated carbocycles. The summed E-state index contributed by atoms with van der Waals surface area (Å²) in [5.41, 5.74) is 2.94. The van der Waals surface area contributed by atoms with Gasteiger partial charge >= 0.3 is 0 Å². The summed E-state index contributed by atoms with van der Waals surface area (Å²) in [6, 6.07) is 5.38. The van der Waals surface area contributed by atoms with E-state index in [1.807, 2.05) is 32.3 Å². The Morgan fingerprint density at radius 1 is 1.28 bits per heavy atom. The van der Waals surface area contributed by atoms with Crippen molar-refractivity contribution in [3.8, 4) is 11.5 Å². The highest BCUT2D eigenvalue weighted by Gasteiger charge is 2.35. The third kappa shape index (κ3) is 3.46. The van der Waals surface area contributed by atoms with Gasteiger partial charge in [-0.15, -0.1) is 0 Å². The van der Waals surface area contributed by atoms with Crippen molar-refractivity contribution in [3.05, 3.63) is 35.7 Å². The fourth-order valence-corrected chi connectivity index (χ4v) is 3.19. The second-order valence-electron chi connectivity index (χ2n) is 6.30. The zero-order valence-electron chi connectivity index (χ0n) is 15.1. The lowest BCUT2D eigenvalue weighted by Crippen LogP contribution is -2.39. The maximum absolute atomic E-state index is 12.9. The monoisotopic (exact) mass is 344 g/mol. The predicted octanol–water partition coefficient (Wildman–Crippen LogP) is 1.97. The molecule has 1 fully saturated rings. The third-order valence-electron chi connectivity index (χ3n) is 4.71. The topological polar surface area (TPSA) is 70.7 Å². The van der Waals surface area contributed by atoms with Crippen molar-refractivity contribution in [3.63, 3.8) is 0 Å². The summed E-state index contributed by atoms with van der Waals surface area (Å²) in [5.74, 6) is 1.44.